The number of nitrogens with zero attached hydrogens (tertiary/aromatic N) is 2. The summed E-state index contributed by atoms with van der Waals surface area (Å²) in [6, 6.07) is -0.298. The SMILES string of the molecule is CCC(NCc1cnc(C)cn1)C(N)=O. The summed E-state index contributed by atoms with van der Waals surface area (Å²) in [6.45, 7) is 4.29. The van der Waals surface area contributed by atoms with E-state index in [2.05, 4.69) is 15.3 Å². The molecule has 0 bridgehead atoms. The Morgan fingerprint density at radius 1 is 1.53 bits per heavy atom. The molecular weight excluding hydrogens is 192 g/mol. The van der Waals surface area contributed by atoms with Gasteiger partial charge in [0.2, 0.25) is 5.91 Å². The van der Waals surface area contributed by atoms with Crippen molar-refractivity contribution in [3.63, 3.8) is 0 Å². The van der Waals surface area contributed by atoms with Crippen LogP contribution in [-0.4, -0.2) is 21.9 Å². The zero-order valence-electron chi connectivity index (χ0n) is 9.03. The zero-order chi connectivity index (χ0) is 11.3. The third-order valence-corrected chi connectivity index (χ3v) is 2.12. The maximum Gasteiger partial charge on any atom is 0.234 e. The zero-order valence-corrected chi connectivity index (χ0v) is 9.03. The third-order valence-electron chi connectivity index (χ3n) is 2.12. The first kappa shape index (κ1) is 11.6. The summed E-state index contributed by atoms with van der Waals surface area (Å²) in [5, 5.41) is 3.03. The van der Waals surface area contributed by atoms with Crippen molar-refractivity contribution in [2.75, 3.05) is 0 Å². The molecule has 1 unspecified atom stereocenters. The van der Waals surface area contributed by atoms with Crippen LogP contribution in [0.3, 0.4) is 0 Å². The number of aryl methyl sites for hydroxylation is 1. The van der Waals surface area contributed by atoms with E-state index in [9.17, 15) is 4.79 Å². The predicted octanol–water partition coefficient (Wildman–Crippen LogP) is 0.139. The number of nitrogens with two attached hydrogens (primary N) is 1. The number of hydrogen-bond donors (Lipinski definition) is 2. The summed E-state index contributed by atoms with van der Waals surface area (Å²) in [5.41, 5.74) is 6.88. The van der Waals surface area contributed by atoms with E-state index in [1.165, 1.54) is 0 Å². The van der Waals surface area contributed by atoms with Gasteiger partial charge in [0.05, 0.1) is 17.4 Å². The van der Waals surface area contributed by atoms with Crippen molar-refractivity contribution in [1.82, 2.24) is 15.3 Å². The van der Waals surface area contributed by atoms with Crippen LogP contribution in [0.15, 0.2) is 12.4 Å². The number of carbonyl (C=O) groups excluding carboxylic acids is 1. The Bertz CT molecular complexity index is 323. The van der Waals surface area contributed by atoms with Crippen LogP contribution in [0.25, 0.3) is 0 Å². The van der Waals surface area contributed by atoms with Crippen LogP contribution in [0.2, 0.25) is 0 Å². The molecule has 0 saturated carbocycles. The molecule has 0 aliphatic carbocycles. The van der Waals surface area contributed by atoms with E-state index in [4.69, 9.17) is 5.73 Å². The van der Waals surface area contributed by atoms with Crippen LogP contribution in [0.5, 0.6) is 0 Å². The topological polar surface area (TPSA) is 80.9 Å². The first-order valence-corrected chi connectivity index (χ1v) is 4.93. The fraction of sp³-hybridized carbons (Fsp3) is 0.500. The number of nitrogens with one attached hydrogen (secondary N) is 1. The standard InChI is InChI=1S/C10H16N4O/c1-3-9(10(11)15)14-6-8-5-12-7(2)4-13-8/h4-5,9,14H,3,6H2,1-2H3,(H2,11,15). The van der Waals surface area contributed by atoms with Crippen LogP contribution in [0.4, 0.5) is 0 Å². The van der Waals surface area contributed by atoms with E-state index in [1.54, 1.807) is 12.4 Å². The summed E-state index contributed by atoms with van der Waals surface area (Å²) < 4.78 is 0. The lowest BCUT2D eigenvalue weighted by Crippen LogP contribution is -2.40. The molecule has 0 aliphatic heterocycles. The van der Waals surface area contributed by atoms with Gasteiger partial charge in [0.25, 0.3) is 0 Å². The van der Waals surface area contributed by atoms with Crippen LogP contribution in [-0.2, 0) is 11.3 Å². The fourth-order valence-electron chi connectivity index (χ4n) is 1.18. The monoisotopic (exact) mass is 208 g/mol. The number of aromatic nitrogens is 2. The summed E-state index contributed by atoms with van der Waals surface area (Å²) in [4.78, 5) is 19.2. The first-order chi connectivity index (χ1) is 7.13. The third kappa shape index (κ3) is 3.63. The average molecular weight is 208 g/mol. The number of carbonyl (C=O) groups is 1. The molecule has 1 aromatic heterocycles. The van der Waals surface area contributed by atoms with Gasteiger partial charge in [-0.25, -0.2) is 0 Å². The number of primary amides is 1. The highest BCUT2D eigenvalue weighted by molar-refractivity contribution is 5.79. The molecular formula is C10H16N4O. The van der Waals surface area contributed by atoms with E-state index in [0.717, 1.165) is 11.4 Å². The lowest BCUT2D eigenvalue weighted by atomic mass is 10.2. The van der Waals surface area contributed by atoms with Crippen molar-refractivity contribution in [3.8, 4) is 0 Å². The fourth-order valence-corrected chi connectivity index (χ4v) is 1.18. The highest BCUT2D eigenvalue weighted by atomic mass is 16.1. The molecule has 0 fully saturated rings. The number of rotatable bonds is 5. The molecule has 1 atom stereocenters. The van der Waals surface area contributed by atoms with Crippen LogP contribution < -0.4 is 11.1 Å². The molecule has 3 N–H and O–H groups in total. The van der Waals surface area contributed by atoms with Crippen LogP contribution >= 0.6 is 0 Å². The lowest BCUT2D eigenvalue weighted by molar-refractivity contribution is -0.120. The van der Waals surface area contributed by atoms with Gasteiger partial charge in [-0.15, -0.1) is 0 Å². The second kappa shape index (κ2) is 5.41. The van der Waals surface area contributed by atoms with E-state index in [0.29, 0.717) is 13.0 Å². The average Bonchev–Trinajstić information content (AvgIpc) is 2.21. The van der Waals surface area contributed by atoms with Crippen molar-refractivity contribution < 1.29 is 4.79 Å². The van der Waals surface area contributed by atoms with Gasteiger partial charge in [0.1, 0.15) is 0 Å². The van der Waals surface area contributed by atoms with Gasteiger partial charge < -0.3 is 11.1 Å². The van der Waals surface area contributed by atoms with Crippen molar-refractivity contribution in [3.05, 3.63) is 23.8 Å². The smallest absolute Gasteiger partial charge is 0.234 e. The molecule has 0 aliphatic rings. The minimum Gasteiger partial charge on any atom is -0.368 e. The molecule has 0 aromatic carbocycles. The van der Waals surface area contributed by atoms with Gasteiger partial charge in [0.15, 0.2) is 0 Å². The molecule has 0 saturated heterocycles. The second-order valence-corrected chi connectivity index (χ2v) is 3.39. The summed E-state index contributed by atoms with van der Waals surface area (Å²) >= 11 is 0. The first-order valence-electron chi connectivity index (χ1n) is 4.93. The Balaban J connectivity index is 2.49. The van der Waals surface area contributed by atoms with E-state index in [1.807, 2.05) is 13.8 Å². The van der Waals surface area contributed by atoms with Gasteiger partial charge in [-0.05, 0) is 13.3 Å². The molecule has 1 amide bonds. The molecule has 1 heterocycles. The second-order valence-electron chi connectivity index (χ2n) is 3.39. The van der Waals surface area contributed by atoms with Crippen molar-refractivity contribution in [2.45, 2.75) is 32.9 Å². The number of hydrogen-bond acceptors (Lipinski definition) is 4. The maximum atomic E-state index is 10.9. The lowest BCUT2D eigenvalue weighted by Gasteiger charge is -2.12. The van der Waals surface area contributed by atoms with Crippen molar-refractivity contribution in [2.24, 2.45) is 5.73 Å². The van der Waals surface area contributed by atoms with Gasteiger partial charge in [-0.3, -0.25) is 14.8 Å². The molecule has 0 spiro atoms. The van der Waals surface area contributed by atoms with E-state index < -0.39 is 0 Å². The van der Waals surface area contributed by atoms with Gasteiger partial charge in [0, 0.05) is 18.9 Å². The van der Waals surface area contributed by atoms with Crippen LogP contribution in [0.1, 0.15) is 24.7 Å². The van der Waals surface area contributed by atoms with Gasteiger partial charge in [-0.1, -0.05) is 6.92 Å². The molecule has 0 radical (unpaired) electrons. The normalized spacial score (nSPS) is 12.4. The Labute approximate surface area is 89.1 Å². The van der Waals surface area contributed by atoms with Crippen molar-refractivity contribution in [1.29, 1.82) is 0 Å². The Morgan fingerprint density at radius 3 is 2.73 bits per heavy atom. The predicted molar refractivity (Wildman–Crippen MR) is 56.9 cm³/mol. The maximum absolute atomic E-state index is 10.9. The highest BCUT2D eigenvalue weighted by Gasteiger charge is 2.11. The Morgan fingerprint density at radius 2 is 2.27 bits per heavy atom. The molecule has 5 heteroatoms. The molecule has 1 rings (SSSR count). The van der Waals surface area contributed by atoms with Crippen LogP contribution in [0, 0.1) is 6.92 Å². The molecule has 15 heavy (non-hydrogen) atoms. The summed E-state index contributed by atoms with van der Waals surface area (Å²) in [7, 11) is 0. The largest absolute Gasteiger partial charge is 0.368 e. The summed E-state index contributed by atoms with van der Waals surface area (Å²) in [5.74, 6) is -0.336. The van der Waals surface area contributed by atoms with E-state index in [-0.39, 0.29) is 11.9 Å². The van der Waals surface area contributed by atoms with Gasteiger partial charge in [-0.2, -0.15) is 0 Å². The molecule has 1 aromatic rings. The Kier molecular flexibility index (Phi) is 4.17. The number of amides is 1. The van der Waals surface area contributed by atoms with Gasteiger partial charge >= 0.3 is 0 Å². The minimum atomic E-state index is -0.336. The molecule has 5 nitrogen and oxygen atoms in total. The van der Waals surface area contributed by atoms with E-state index >= 15 is 0 Å². The summed E-state index contributed by atoms with van der Waals surface area (Å²) in [6.07, 6.45) is 4.06. The molecule has 82 valence electrons. The highest BCUT2D eigenvalue weighted by Crippen LogP contribution is 1.96. The Hall–Kier alpha value is -1.49. The minimum absolute atomic E-state index is 0.298. The quantitative estimate of drug-likeness (QED) is 0.721. The van der Waals surface area contributed by atoms with Crippen molar-refractivity contribution >= 4 is 5.91 Å².